The van der Waals surface area contributed by atoms with Gasteiger partial charge in [0, 0.05) is 61.3 Å². The largest absolute Gasteiger partial charge is 0.507 e. The zero-order valence-electron chi connectivity index (χ0n) is 20.3. The summed E-state index contributed by atoms with van der Waals surface area (Å²) in [6.07, 6.45) is 0.303. The fourth-order valence-electron chi connectivity index (χ4n) is 4.52. The van der Waals surface area contributed by atoms with E-state index in [-0.39, 0.29) is 24.2 Å². The first-order chi connectivity index (χ1) is 16.7. The highest BCUT2D eigenvalue weighted by Gasteiger charge is 2.23. The molecule has 2 heterocycles. The molecule has 0 amide bonds. The lowest BCUT2D eigenvalue weighted by molar-refractivity contribution is -0.147. The number of halogens is 1. The van der Waals surface area contributed by atoms with Crippen molar-refractivity contribution in [3.05, 3.63) is 68.5 Å². The fraction of sp³-hybridized carbons (Fsp3) is 0.407. The van der Waals surface area contributed by atoms with E-state index in [0.29, 0.717) is 34.7 Å². The van der Waals surface area contributed by atoms with E-state index >= 15 is 0 Å². The van der Waals surface area contributed by atoms with Crippen molar-refractivity contribution in [1.82, 2.24) is 4.90 Å². The monoisotopic (exact) mass is 498 g/mol. The van der Waals surface area contributed by atoms with Gasteiger partial charge in [0.2, 0.25) is 0 Å². The van der Waals surface area contributed by atoms with Gasteiger partial charge >= 0.3 is 11.6 Å². The molecule has 0 atom stereocenters. The van der Waals surface area contributed by atoms with Gasteiger partial charge in [-0.15, -0.1) is 0 Å². The molecular formula is C27H31ClN2O5. The molecule has 1 aliphatic rings. The van der Waals surface area contributed by atoms with E-state index in [1.54, 1.807) is 13.8 Å². The van der Waals surface area contributed by atoms with Gasteiger partial charge in [0.05, 0.1) is 11.7 Å². The number of phenols is 1. The van der Waals surface area contributed by atoms with E-state index in [1.807, 2.05) is 37.3 Å². The fourth-order valence-corrected chi connectivity index (χ4v) is 4.71. The van der Waals surface area contributed by atoms with E-state index in [4.69, 9.17) is 20.8 Å². The molecule has 1 saturated heterocycles. The minimum absolute atomic E-state index is 0.0702. The number of aromatic hydroxyl groups is 1. The topological polar surface area (TPSA) is 83.2 Å². The Bertz CT molecular complexity index is 1280. The van der Waals surface area contributed by atoms with Gasteiger partial charge in [-0.2, -0.15) is 0 Å². The average molecular weight is 499 g/mol. The maximum absolute atomic E-state index is 12.1. The van der Waals surface area contributed by atoms with Gasteiger partial charge < -0.3 is 19.2 Å². The number of benzene rings is 2. The third-order valence-corrected chi connectivity index (χ3v) is 6.52. The first kappa shape index (κ1) is 25.1. The zero-order valence-corrected chi connectivity index (χ0v) is 21.1. The van der Waals surface area contributed by atoms with Crippen LogP contribution in [0.4, 0.5) is 5.69 Å². The van der Waals surface area contributed by atoms with Crippen molar-refractivity contribution in [1.29, 1.82) is 0 Å². The van der Waals surface area contributed by atoms with Gasteiger partial charge in [-0.1, -0.05) is 17.7 Å². The van der Waals surface area contributed by atoms with Crippen molar-refractivity contribution < 1.29 is 19.1 Å². The molecule has 4 rings (SSSR count). The molecule has 1 aromatic heterocycles. The van der Waals surface area contributed by atoms with Gasteiger partial charge in [-0.05, 0) is 62.6 Å². The normalized spacial score (nSPS) is 14.6. The zero-order chi connectivity index (χ0) is 25.1. The Labute approximate surface area is 209 Å². The predicted molar refractivity (Wildman–Crippen MR) is 137 cm³/mol. The summed E-state index contributed by atoms with van der Waals surface area (Å²) in [5.74, 6) is -0.240. The minimum Gasteiger partial charge on any atom is -0.507 e. The molecule has 1 N–H and O–H groups in total. The SMILES string of the molecule is Cc1cc(=O)oc2c(CN3CCN(c4cccc(Cl)c4)CC3)c(O)c(CCC(=O)OC(C)C)cc12. The van der Waals surface area contributed by atoms with Crippen LogP contribution in [0.25, 0.3) is 11.0 Å². The number of rotatable bonds is 7. The number of nitrogens with zero attached hydrogens (tertiary/aromatic N) is 2. The van der Waals surface area contributed by atoms with Crippen molar-refractivity contribution in [2.24, 2.45) is 0 Å². The summed E-state index contributed by atoms with van der Waals surface area (Å²) in [5.41, 5.74) is 3.03. The highest BCUT2D eigenvalue weighted by atomic mass is 35.5. The van der Waals surface area contributed by atoms with E-state index in [9.17, 15) is 14.7 Å². The molecule has 7 nitrogen and oxygen atoms in total. The third kappa shape index (κ3) is 5.97. The molecule has 0 radical (unpaired) electrons. The molecule has 1 aliphatic heterocycles. The first-order valence-electron chi connectivity index (χ1n) is 11.9. The van der Waals surface area contributed by atoms with Crippen molar-refractivity contribution in [2.45, 2.75) is 46.3 Å². The number of carbonyl (C=O) groups is 1. The van der Waals surface area contributed by atoms with E-state index in [2.05, 4.69) is 9.80 Å². The van der Waals surface area contributed by atoms with Crippen LogP contribution in [0, 0.1) is 6.92 Å². The molecule has 1 fully saturated rings. The number of phenolic OH excluding ortho intramolecular Hbond substituents is 1. The van der Waals surface area contributed by atoms with Crippen molar-refractivity contribution in [3.63, 3.8) is 0 Å². The Balaban J connectivity index is 1.58. The Hall–Kier alpha value is -3.03. The number of esters is 1. The van der Waals surface area contributed by atoms with E-state index in [1.165, 1.54) is 6.07 Å². The van der Waals surface area contributed by atoms with Gasteiger partial charge in [0.25, 0.3) is 0 Å². The number of hydrogen-bond donors (Lipinski definition) is 1. The van der Waals surface area contributed by atoms with Crippen LogP contribution in [0.15, 0.2) is 45.6 Å². The molecule has 0 saturated carbocycles. The van der Waals surface area contributed by atoms with Crippen LogP contribution in [-0.4, -0.2) is 48.3 Å². The molecule has 35 heavy (non-hydrogen) atoms. The van der Waals surface area contributed by atoms with Crippen LogP contribution in [-0.2, 0) is 22.5 Å². The van der Waals surface area contributed by atoms with Crippen LogP contribution in [0.2, 0.25) is 5.02 Å². The molecule has 2 aromatic carbocycles. The summed E-state index contributed by atoms with van der Waals surface area (Å²) >= 11 is 6.15. The maximum atomic E-state index is 12.1. The second kappa shape index (κ2) is 10.7. The molecule has 0 unspecified atom stereocenters. The smallest absolute Gasteiger partial charge is 0.336 e. The predicted octanol–water partition coefficient (Wildman–Crippen LogP) is 4.67. The lowest BCUT2D eigenvalue weighted by Crippen LogP contribution is -2.46. The van der Waals surface area contributed by atoms with Crippen LogP contribution in [0.3, 0.4) is 0 Å². The van der Waals surface area contributed by atoms with Gasteiger partial charge in [0.1, 0.15) is 11.3 Å². The Morgan fingerprint density at radius 2 is 1.91 bits per heavy atom. The molecule has 186 valence electrons. The van der Waals surface area contributed by atoms with Gasteiger partial charge in [-0.3, -0.25) is 9.69 Å². The maximum Gasteiger partial charge on any atom is 0.336 e. The number of carbonyl (C=O) groups excluding carboxylic acids is 1. The number of anilines is 1. The highest BCUT2D eigenvalue weighted by Crippen LogP contribution is 2.34. The number of fused-ring (bicyclic) bond motifs is 1. The van der Waals surface area contributed by atoms with Gasteiger partial charge in [-0.25, -0.2) is 4.79 Å². The number of hydrogen-bond acceptors (Lipinski definition) is 7. The summed E-state index contributed by atoms with van der Waals surface area (Å²) in [6.45, 7) is 9.05. The Morgan fingerprint density at radius 3 is 2.60 bits per heavy atom. The van der Waals surface area contributed by atoms with Crippen molar-refractivity contribution in [3.8, 4) is 5.75 Å². The van der Waals surface area contributed by atoms with Crippen LogP contribution >= 0.6 is 11.6 Å². The summed E-state index contributed by atoms with van der Waals surface area (Å²) in [6, 6.07) is 11.1. The molecule has 0 aliphatic carbocycles. The van der Waals surface area contributed by atoms with Crippen LogP contribution in [0.1, 0.15) is 37.0 Å². The Kier molecular flexibility index (Phi) is 7.67. The number of aryl methyl sites for hydroxylation is 2. The summed E-state index contributed by atoms with van der Waals surface area (Å²) in [4.78, 5) is 28.8. The lowest BCUT2D eigenvalue weighted by Gasteiger charge is -2.36. The van der Waals surface area contributed by atoms with E-state index < -0.39 is 5.63 Å². The van der Waals surface area contributed by atoms with Crippen molar-refractivity contribution >= 4 is 34.2 Å². The van der Waals surface area contributed by atoms with Crippen molar-refractivity contribution in [2.75, 3.05) is 31.1 Å². The quantitative estimate of drug-likeness (QED) is 0.374. The molecule has 0 bridgehead atoms. The number of piperazine rings is 1. The standard InChI is InChI=1S/C27H31ClN2O5/c1-17(2)34-24(31)8-7-19-14-22-18(3)13-25(32)35-27(22)23(26(19)33)16-29-9-11-30(12-10-29)21-6-4-5-20(28)15-21/h4-6,13-15,17,33H,7-12,16H2,1-3H3. The average Bonchev–Trinajstić information content (AvgIpc) is 2.80. The third-order valence-electron chi connectivity index (χ3n) is 6.28. The van der Waals surface area contributed by atoms with Crippen LogP contribution < -0.4 is 10.5 Å². The molecule has 3 aromatic rings. The number of ether oxygens (including phenoxy) is 1. The molecular weight excluding hydrogens is 468 g/mol. The summed E-state index contributed by atoms with van der Waals surface area (Å²) in [5, 5.41) is 12.7. The molecule has 0 spiro atoms. The highest BCUT2D eigenvalue weighted by molar-refractivity contribution is 6.30. The lowest BCUT2D eigenvalue weighted by atomic mass is 9.98. The van der Waals surface area contributed by atoms with Crippen LogP contribution in [0.5, 0.6) is 5.75 Å². The Morgan fingerprint density at radius 1 is 1.17 bits per heavy atom. The van der Waals surface area contributed by atoms with E-state index in [0.717, 1.165) is 42.8 Å². The second-order valence-corrected chi connectivity index (χ2v) is 9.71. The first-order valence-corrected chi connectivity index (χ1v) is 12.3. The minimum atomic E-state index is -0.449. The summed E-state index contributed by atoms with van der Waals surface area (Å²) < 4.78 is 10.8. The van der Waals surface area contributed by atoms with Gasteiger partial charge in [0.15, 0.2) is 0 Å². The second-order valence-electron chi connectivity index (χ2n) is 9.27. The summed E-state index contributed by atoms with van der Waals surface area (Å²) in [7, 11) is 0. The molecule has 8 heteroatoms.